The highest BCUT2D eigenvalue weighted by Crippen LogP contribution is 2.66. The van der Waals surface area contributed by atoms with Crippen molar-refractivity contribution in [1.29, 1.82) is 0 Å². The molecule has 0 spiro atoms. The minimum absolute atomic E-state index is 0.00610. The minimum atomic E-state index is -2.48. The van der Waals surface area contributed by atoms with Crippen LogP contribution in [-0.2, 0) is 6.54 Å². The second-order valence-corrected chi connectivity index (χ2v) is 14.3. The summed E-state index contributed by atoms with van der Waals surface area (Å²) >= 11 is 1.79. The van der Waals surface area contributed by atoms with Gasteiger partial charge in [-0.3, -0.25) is 18.8 Å². The summed E-state index contributed by atoms with van der Waals surface area (Å²) in [6, 6.07) is 6.38. The van der Waals surface area contributed by atoms with Crippen LogP contribution in [0.2, 0.25) is 0 Å². The zero-order valence-electron chi connectivity index (χ0n) is 20.0. The summed E-state index contributed by atoms with van der Waals surface area (Å²) in [5, 5.41) is 3.22. The van der Waals surface area contributed by atoms with Crippen LogP contribution in [-0.4, -0.2) is 48.5 Å². The Labute approximate surface area is 212 Å². The lowest BCUT2D eigenvalue weighted by Crippen LogP contribution is -2.28. The summed E-state index contributed by atoms with van der Waals surface area (Å²) in [6.45, 7) is 3.33. The zero-order chi connectivity index (χ0) is 24.2. The van der Waals surface area contributed by atoms with Crippen LogP contribution in [0, 0.1) is 0 Å². The molecule has 0 saturated carbocycles. The molecule has 0 aliphatic carbocycles. The Morgan fingerprint density at radius 3 is 2.46 bits per heavy atom. The van der Waals surface area contributed by atoms with E-state index in [-0.39, 0.29) is 16.4 Å². The summed E-state index contributed by atoms with van der Waals surface area (Å²) in [7, 11) is -2.48. The van der Waals surface area contributed by atoms with Crippen LogP contribution in [0.25, 0.3) is 22.0 Å². The van der Waals surface area contributed by atoms with Crippen molar-refractivity contribution in [2.45, 2.75) is 74.3 Å². The number of hydrogen-bond acceptors (Lipinski definition) is 5. The molecule has 35 heavy (non-hydrogen) atoms. The number of H-pyrrole nitrogens is 1. The molecule has 188 valence electrons. The monoisotopic (exact) mass is 513 g/mol. The fraction of sp³-hybridized carbons (Fsp3) is 0.519. The molecule has 6 rings (SSSR count). The number of amides is 1. The van der Waals surface area contributed by atoms with Crippen molar-refractivity contribution in [2.24, 2.45) is 5.73 Å². The number of nitrogens with two attached hydrogens (primary N) is 1. The predicted octanol–water partition coefficient (Wildman–Crippen LogP) is 6.53. The molecule has 6 nitrogen and oxygen atoms in total. The number of thiophene rings is 1. The van der Waals surface area contributed by atoms with Gasteiger partial charge in [0.2, 0.25) is 0 Å². The molecule has 5 heterocycles. The summed E-state index contributed by atoms with van der Waals surface area (Å²) < 4.78 is 21.2. The second-order valence-electron chi connectivity index (χ2n) is 10.7. The Hall–Kier alpha value is -1.84. The van der Waals surface area contributed by atoms with E-state index in [0.29, 0.717) is 5.56 Å². The quantitative estimate of drug-likeness (QED) is 0.311. The maximum Gasteiger partial charge on any atom is 0.250 e. The lowest BCUT2D eigenvalue weighted by molar-refractivity contribution is 0.100. The summed E-state index contributed by atoms with van der Waals surface area (Å²) in [6.07, 6.45) is 10.6. The van der Waals surface area contributed by atoms with Gasteiger partial charge in [0, 0.05) is 33.5 Å². The van der Waals surface area contributed by atoms with Gasteiger partial charge >= 0.3 is 0 Å². The first kappa shape index (κ1) is 23.6. The highest BCUT2D eigenvalue weighted by atomic mass is 32.3. The molecule has 1 aromatic carbocycles. The second kappa shape index (κ2) is 9.23. The third kappa shape index (κ3) is 4.33. The molecule has 5 N–H and O–H groups in total. The first-order valence-electron chi connectivity index (χ1n) is 12.9. The zero-order valence-corrected chi connectivity index (χ0v) is 21.7. The van der Waals surface area contributed by atoms with E-state index >= 15 is 0 Å². The Balaban J connectivity index is 1.33. The smallest absolute Gasteiger partial charge is 0.250 e. The molecule has 2 aromatic heterocycles. The Kier molecular flexibility index (Phi) is 6.21. The standard InChI is InChI=1S/C27H35N3O3S2/c28-27(31)24-13-17(19-9-20(34-16-19)15-30-7-3-1-2-4-8-30)12-23-25(14-29-26(23)24)18-10-21-5-6-22(11-18)35(21,32)33/h9,12-14,16,18,21-22,29,32-33H,1-8,10-11,15H2,(H2,28,31)/t18-,21+,22-. The lowest BCUT2D eigenvalue weighted by Gasteiger charge is -2.46. The number of rotatable bonds is 5. The summed E-state index contributed by atoms with van der Waals surface area (Å²) in [5.74, 6) is -0.165. The normalized spacial score (nSPS) is 27.7. The Morgan fingerprint density at radius 1 is 1.06 bits per heavy atom. The molecule has 0 unspecified atom stereocenters. The summed E-state index contributed by atoms with van der Waals surface area (Å²) in [4.78, 5) is 19.7. The van der Waals surface area contributed by atoms with Gasteiger partial charge in [0.15, 0.2) is 0 Å². The van der Waals surface area contributed by atoms with Gasteiger partial charge in [0.25, 0.3) is 5.91 Å². The van der Waals surface area contributed by atoms with E-state index in [0.717, 1.165) is 54.3 Å². The minimum Gasteiger partial charge on any atom is -0.366 e. The van der Waals surface area contributed by atoms with E-state index in [1.165, 1.54) is 49.2 Å². The van der Waals surface area contributed by atoms with E-state index in [2.05, 4.69) is 27.4 Å². The number of primary amides is 1. The van der Waals surface area contributed by atoms with Crippen LogP contribution in [0.5, 0.6) is 0 Å². The molecule has 3 aliphatic heterocycles. The highest BCUT2D eigenvalue weighted by molar-refractivity contribution is 8.25. The number of nitrogens with zero attached hydrogens (tertiary/aromatic N) is 1. The van der Waals surface area contributed by atoms with Gasteiger partial charge < -0.3 is 10.7 Å². The molecule has 3 aromatic rings. The van der Waals surface area contributed by atoms with Crippen molar-refractivity contribution < 1.29 is 13.9 Å². The van der Waals surface area contributed by atoms with E-state index in [4.69, 9.17) is 5.73 Å². The molecule has 3 fully saturated rings. The van der Waals surface area contributed by atoms with Crippen LogP contribution in [0.1, 0.15) is 78.1 Å². The molecule has 1 amide bonds. The molecule has 2 bridgehead atoms. The van der Waals surface area contributed by atoms with Gasteiger partial charge in [-0.05, 0) is 97.8 Å². The first-order chi connectivity index (χ1) is 16.9. The van der Waals surface area contributed by atoms with Crippen molar-refractivity contribution >= 4 is 38.7 Å². The molecule has 3 aliphatic rings. The topological polar surface area (TPSA) is 103 Å². The van der Waals surface area contributed by atoms with Crippen molar-refractivity contribution in [2.75, 3.05) is 13.1 Å². The van der Waals surface area contributed by atoms with E-state index in [1.807, 2.05) is 12.3 Å². The number of aromatic amines is 1. The molecule has 0 radical (unpaired) electrons. The molecule has 3 saturated heterocycles. The van der Waals surface area contributed by atoms with Crippen molar-refractivity contribution in [3.05, 3.63) is 45.8 Å². The molecule has 8 heteroatoms. The SMILES string of the molecule is NC(=O)c1cc(-c2csc(CN3CCCCCC3)c2)cc2c([C@H]3C[C@H]4CC[C@@H](C3)S4(O)O)c[nH]c12. The van der Waals surface area contributed by atoms with Crippen LogP contribution < -0.4 is 5.73 Å². The maximum atomic E-state index is 12.4. The third-order valence-electron chi connectivity index (χ3n) is 8.48. The number of hydrogen-bond donors (Lipinski definition) is 4. The number of fused-ring (bicyclic) bond motifs is 3. The largest absolute Gasteiger partial charge is 0.366 e. The highest BCUT2D eigenvalue weighted by Gasteiger charge is 2.47. The number of benzene rings is 1. The molecular formula is C27H35N3O3S2. The predicted molar refractivity (Wildman–Crippen MR) is 146 cm³/mol. The van der Waals surface area contributed by atoms with Crippen molar-refractivity contribution in [3.8, 4) is 11.1 Å². The fourth-order valence-corrected chi connectivity index (χ4v) is 10.1. The van der Waals surface area contributed by atoms with Gasteiger partial charge in [-0.1, -0.05) is 12.8 Å². The van der Waals surface area contributed by atoms with Crippen LogP contribution in [0.3, 0.4) is 0 Å². The molecule has 3 atom stereocenters. The van der Waals surface area contributed by atoms with Gasteiger partial charge in [0.1, 0.15) is 0 Å². The van der Waals surface area contributed by atoms with Gasteiger partial charge in [-0.15, -0.1) is 11.3 Å². The lowest BCUT2D eigenvalue weighted by atomic mass is 9.89. The van der Waals surface area contributed by atoms with Crippen LogP contribution >= 0.6 is 21.9 Å². The van der Waals surface area contributed by atoms with Crippen molar-refractivity contribution in [3.63, 3.8) is 0 Å². The maximum absolute atomic E-state index is 12.4. The average Bonchev–Trinajstić information content (AvgIpc) is 3.39. The summed E-state index contributed by atoms with van der Waals surface area (Å²) in [5.41, 5.74) is 10.5. The number of aromatic nitrogens is 1. The third-order valence-corrected chi connectivity index (χ3v) is 12.2. The fourth-order valence-electron chi connectivity index (χ4n) is 6.58. The number of carbonyl (C=O) groups excluding carboxylic acids is 1. The first-order valence-corrected chi connectivity index (χ1v) is 15.5. The van der Waals surface area contributed by atoms with Crippen LogP contribution in [0.15, 0.2) is 29.8 Å². The number of carbonyl (C=O) groups is 1. The van der Waals surface area contributed by atoms with Gasteiger partial charge in [0.05, 0.1) is 11.1 Å². The van der Waals surface area contributed by atoms with Gasteiger partial charge in [-0.2, -0.15) is 10.6 Å². The average molecular weight is 514 g/mol. The molecular weight excluding hydrogens is 478 g/mol. The van der Waals surface area contributed by atoms with Crippen LogP contribution in [0.4, 0.5) is 0 Å². The van der Waals surface area contributed by atoms with E-state index in [9.17, 15) is 13.9 Å². The Morgan fingerprint density at radius 2 is 1.77 bits per heavy atom. The van der Waals surface area contributed by atoms with Crippen molar-refractivity contribution in [1.82, 2.24) is 9.88 Å². The van der Waals surface area contributed by atoms with E-state index in [1.54, 1.807) is 11.3 Å². The number of likely N-dealkylation sites (tertiary alicyclic amines) is 1. The Bertz CT molecular complexity index is 1230. The number of nitrogens with one attached hydrogen (secondary N) is 1. The van der Waals surface area contributed by atoms with E-state index < -0.39 is 16.5 Å². The van der Waals surface area contributed by atoms with Gasteiger partial charge in [-0.25, -0.2) is 0 Å².